The molecule has 0 bridgehead atoms. The molecule has 1 aliphatic heterocycles. The fourth-order valence-electron chi connectivity index (χ4n) is 3.58. The summed E-state index contributed by atoms with van der Waals surface area (Å²) in [6.45, 7) is 0.845. The zero-order valence-electron chi connectivity index (χ0n) is 15.1. The summed E-state index contributed by atoms with van der Waals surface area (Å²) in [5.41, 5.74) is -0.271. The summed E-state index contributed by atoms with van der Waals surface area (Å²) in [5.74, 6) is -0.550. The van der Waals surface area contributed by atoms with E-state index in [9.17, 15) is 14.0 Å². The van der Waals surface area contributed by atoms with Gasteiger partial charge in [0.15, 0.2) is 5.54 Å². The summed E-state index contributed by atoms with van der Waals surface area (Å²) in [4.78, 5) is 29.0. The van der Waals surface area contributed by atoms with Crippen LogP contribution in [0, 0.1) is 5.82 Å². The molecule has 0 spiro atoms. The number of likely N-dealkylation sites (tertiary alicyclic amines) is 1. The number of hydrogen-bond donors (Lipinski definition) is 0. The largest absolute Gasteiger partial charge is 0.347 e. The quantitative estimate of drug-likeness (QED) is 0.835. The molecule has 1 aliphatic rings. The van der Waals surface area contributed by atoms with Crippen LogP contribution >= 0.6 is 0 Å². The Bertz CT molecular complexity index is 791. The molecule has 1 fully saturated rings. The number of carbonyl (C=O) groups is 2. The van der Waals surface area contributed by atoms with Crippen LogP contribution in [-0.2, 0) is 21.5 Å². The number of rotatable bonds is 4. The molecular weight excluding hydrogens is 335 g/mol. The van der Waals surface area contributed by atoms with E-state index in [1.54, 1.807) is 59.2 Å². The molecule has 1 saturated heterocycles. The zero-order valence-corrected chi connectivity index (χ0v) is 15.1. The standard InChI is InChI=1S/C19H23FN4O2/c1-22(2)18(26)19(24-11-5-9-21-24)8-4-10-23(14-19)17(25)13-15-6-3-7-16(20)12-15/h3,5-7,9,11-12H,4,8,10,13-14H2,1-2H3. The van der Waals surface area contributed by atoms with Gasteiger partial charge in [-0.1, -0.05) is 12.1 Å². The maximum absolute atomic E-state index is 13.4. The summed E-state index contributed by atoms with van der Waals surface area (Å²) in [7, 11) is 3.42. The van der Waals surface area contributed by atoms with Gasteiger partial charge in [0.05, 0.1) is 13.0 Å². The Morgan fingerprint density at radius 1 is 1.31 bits per heavy atom. The number of benzene rings is 1. The Morgan fingerprint density at radius 3 is 2.77 bits per heavy atom. The average Bonchev–Trinajstić information content (AvgIpc) is 3.16. The molecule has 2 amide bonds. The van der Waals surface area contributed by atoms with Gasteiger partial charge < -0.3 is 9.80 Å². The van der Waals surface area contributed by atoms with Gasteiger partial charge in [0.2, 0.25) is 5.91 Å². The van der Waals surface area contributed by atoms with E-state index < -0.39 is 5.54 Å². The first-order valence-electron chi connectivity index (χ1n) is 8.66. The van der Waals surface area contributed by atoms with Gasteiger partial charge >= 0.3 is 0 Å². The van der Waals surface area contributed by atoms with Crippen LogP contribution in [0.3, 0.4) is 0 Å². The summed E-state index contributed by atoms with van der Waals surface area (Å²) in [6, 6.07) is 7.83. The van der Waals surface area contributed by atoms with E-state index in [1.807, 2.05) is 0 Å². The molecule has 3 rings (SSSR count). The average molecular weight is 358 g/mol. The van der Waals surface area contributed by atoms with Gasteiger partial charge in [-0.3, -0.25) is 14.3 Å². The number of piperidine rings is 1. The van der Waals surface area contributed by atoms with Gasteiger partial charge in [-0.05, 0) is 36.6 Å². The molecular formula is C19H23FN4O2. The number of likely N-dealkylation sites (N-methyl/N-ethyl adjacent to an activating group) is 1. The lowest BCUT2D eigenvalue weighted by molar-refractivity contribution is -0.146. The predicted octanol–water partition coefficient (Wildman–Crippen LogP) is 1.67. The molecule has 26 heavy (non-hydrogen) atoms. The number of nitrogens with zero attached hydrogens (tertiary/aromatic N) is 4. The van der Waals surface area contributed by atoms with Crippen LogP contribution in [0.15, 0.2) is 42.7 Å². The summed E-state index contributed by atoms with van der Waals surface area (Å²) < 4.78 is 15.0. The van der Waals surface area contributed by atoms with Gasteiger partial charge in [-0.25, -0.2) is 4.39 Å². The molecule has 6 nitrogen and oxygen atoms in total. The topological polar surface area (TPSA) is 58.4 Å². The van der Waals surface area contributed by atoms with Crippen LogP contribution in [-0.4, -0.2) is 58.6 Å². The molecule has 1 aromatic carbocycles. The summed E-state index contributed by atoms with van der Waals surface area (Å²) in [6.07, 6.45) is 4.84. The van der Waals surface area contributed by atoms with Crippen LogP contribution < -0.4 is 0 Å². The third kappa shape index (κ3) is 3.47. The Balaban J connectivity index is 1.84. The van der Waals surface area contributed by atoms with Gasteiger partial charge in [0, 0.05) is 33.0 Å². The molecule has 2 heterocycles. The lowest BCUT2D eigenvalue weighted by Gasteiger charge is -2.43. The third-order valence-corrected chi connectivity index (χ3v) is 4.82. The lowest BCUT2D eigenvalue weighted by atomic mass is 9.87. The molecule has 138 valence electrons. The zero-order chi connectivity index (χ0) is 18.7. The minimum absolute atomic E-state index is 0.0792. The molecule has 1 aromatic heterocycles. The third-order valence-electron chi connectivity index (χ3n) is 4.82. The second-order valence-corrected chi connectivity index (χ2v) is 6.91. The van der Waals surface area contributed by atoms with E-state index in [1.165, 1.54) is 12.1 Å². The SMILES string of the molecule is CN(C)C(=O)C1(n2cccn2)CCCN(C(=O)Cc2cccc(F)c2)C1. The predicted molar refractivity (Wildman–Crippen MR) is 94.8 cm³/mol. The fourth-order valence-corrected chi connectivity index (χ4v) is 3.58. The van der Waals surface area contributed by atoms with Crippen molar-refractivity contribution in [3.05, 3.63) is 54.1 Å². The highest BCUT2D eigenvalue weighted by atomic mass is 19.1. The van der Waals surface area contributed by atoms with Crippen molar-refractivity contribution >= 4 is 11.8 Å². The number of halogens is 1. The maximum atomic E-state index is 13.4. The molecule has 7 heteroatoms. The van der Waals surface area contributed by atoms with Crippen molar-refractivity contribution in [1.82, 2.24) is 19.6 Å². The second kappa shape index (κ2) is 7.27. The molecule has 0 aliphatic carbocycles. The molecule has 2 aromatic rings. The van der Waals surface area contributed by atoms with Crippen molar-refractivity contribution in [2.75, 3.05) is 27.2 Å². The second-order valence-electron chi connectivity index (χ2n) is 6.91. The molecule has 1 unspecified atom stereocenters. The van der Waals surface area contributed by atoms with Crippen molar-refractivity contribution in [2.45, 2.75) is 24.8 Å². The van der Waals surface area contributed by atoms with Gasteiger partial charge in [0.25, 0.3) is 5.91 Å². The van der Waals surface area contributed by atoms with Crippen LogP contribution in [0.1, 0.15) is 18.4 Å². The number of hydrogen-bond acceptors (Lipinski definition) is 3. The van der Waals surface area contributed by atoms with Crippen LogP contribution in [0.2, 0.25) is 0 Å². The molecule has 0 radical (unpaired) electrons. The van der Waals surface area contributed by atoms with E-state index in [0.29, 0.717) is 24.9 Å². The Labute approximate surface area is 152 Å². The van der Waals surface area contributed by atoms with Crippen molar-refractivity contribution in [2.24, 2.45) is 0 Å². The van der Waals surface area contributed by atoms with Crippen molar-refractivity contribution in [1.29, 1.82) is 0 Å². The van der Waals surface area contributed by atoms with Gasteiger partial charge in [0.1, 0.15) is 5.82 Å². The summed E-state index contributed by atoms with van der Waals surface area (Å²) >= 11 is 0. The van der Waals surface area contributed by atoms with E-state index in [2.05, 4.69) is 5.10 Å². The van der Waals surface area contributed by atoms with E-state index in [4.69, 9.17) is 0 Å². The minimum atomic E-state index is -0.900. The first-order chi connectivity index (χ1) is 12.4. The highest BCUT2D eigenvalue weighted by molar-refractivity contribution is 5.86. The normalized spacial score (nSPS) is 20.0. The van der Waals surface area contributed by atoms with Crippen molar-refractivity contribution < 1.29 is 14.0 Å². The molecule has 0 N–H and O–H groups in total. The van der Waals surface area contributed by atoms with Crippen molar-refractivity contribution in [3.63, 3.8) is 0 Å². The Morgan fingerprint density at radius 2 is 2.12 bits per heavy atom. The number of amides is 2. The lowest BCUT2D eigenvalue weighted by Crippen LogP contribution is -2.59. The fraction of sp³-hybridized carbons (Fsp3) is 0.421. The number of aromatic nitrogens is 2. The summed E-state index contributed by atoms with van der Waals surface area (Å²) in [5, 5.41) is 4.29. The van der Waals surface area contributed by atoms with Gasteiger partial charge in [-0.15, -0.1) is 0 Å². The Kier molecular flexibility index (Phi) is 5.06. The van der Waals surface area contributed by atoms with Crippen molar-refractivity contribution in [3.8, 4) is 0 Å². The van der Waals surface area contributed by atoms with Crippen LogP contribution in [0.4, 0.5) is 4.39 Å². The highest BCUT2D eigenvalue weighted by Gasteiger charge is 2.46. The van der Waals surface area contributed by atoms with E-state index >= 15 is 0 Å². The first-order valence-corrected chi connectivity index (χ1v) is 8.66. The molecule has 1 atom stereocenters. The Hall–Kier alpha value is -2.70. The van der Waals surface area contributed by atoms with Crippen LogP contribution in [0.25, 0.3) is 0 Å². The molecule has 0 saturated carbocycles. The van der Waals surface area contributed by atoms with E-state index in [-0.39, 0.29) is 30.6 Å². The highest BCUT2D eigenvalue weighted by Crippen LogP contribution is 2.30. The van der Waals surface area contributed by atoms with Crippen LogP contribution in [0.5, 0.6) is 0 Å². The smallest absolute Gasteiger partial charge is 0.251 e. The van der Waals surface area contributed by atoms with E-state index in [0.717, 1.165) is 0 Å². The monoisotopic (exact) mass is 358 g/mol. The van der Waals surface area contributed by atoms with Gasteiger partial charge in [-0.2, -0.15) is 5.10 Å². The first kappa shape index (κ1) is 18.1. The minimum Gasteiger partial charge on any atom is -0.347 e. The maximum Gasteiger partial charge on any atom is 0.251 e. The number of carbonyl (C=O) groups excluding carboxylic acids is 2.